The summed E-state index contributed by atoms with van der Waals surface area (Å²) < 4.78 is 5.22. The van der Waals surface area contributed by atoms with Gasteiger partial charge in [-0.1, -0.05) is 30.3 Å². The Bertz CT molecular complexity index is 831. The molecule has 0 saturated heterocycles. The molecule has 0 saturated carbocycles. The molecule has 0 spiro atoms. The third kappa shape index (κ3) is 4.87. The van der Waals surface area contributed by atoms with Gasteiger partial charge in [-0.2, -0.15) is 0 Å². The minimum absolute atomic E-state index is 0.0582. The van der Waals surface area contributed by atoms with Gasteiger partial charge >= 0.3 is 0 Å². The van der Waals surface area contributed by atoms with Crippen molar-refractivity contribution in [3.63, 3.8) is 0 Å². The Morgan fingerprint density at radius 3 is 2.80 bits per heavy atom. The van der Waals surface area contributed by atoms with Gasteiger partial charge in [0.05, 0.1) is 12.7 Å². The molecule has 1 amide bonds. The van der Waals surface area contributed by atoms with Crippen LogP contribution in [0.5, 0.6) is 5.75 Å². The summed E-state index contributed by atoms with van der Waals surface area (Å²) in [7, 11) is 1.64. The van der Waals surface area contributed by atoms with Crippen LogP contribution in [0, 0.1) is 0 Å². The van der Waals surface area contributed by atoms with E-state index >= 15 is 0 Å². The largest absolute Gasteiger partial charge is 0.497 e. The number of carbonyl (C=O) groups is 1. The van der Waals surface area contributed by atoms with Crippen LogP contribution < -0.4 is 10.1 Å². The maximum Gasteiger partial charge on any atom is 0.252 e. The third-order valence-electron chi connectivity index (χ3n) is 3.67. The van der Waals surface area contributed by atoms with Crippen LogP contribution in [0.25, 0.3) is 0 Å². The lowest BCUT2D eigenvalue weighted by Gasteiger charge is -2.10. The Morgan fingerprint density at radius 2 is 2.00 bits per heavy atom. The molecule has 1 N–H and O–H groups in total. The van der Waals surface area contributed by atoms with Crippen LogP contribution in [0.4, 0.5) is 0 Å². The normalized spacial score (nSPS) is 10.4. The summed E-state index contributed by atoms with van der Waals surface area (Å²) in [5.74, 6) is 1.61. The first kappa shape index (κ1) is 17.6. The molecule has 1 heterocycles. The predicted molar refractivity (Wildman–Crippen MR) is 104 cm³/mol. The third-order valence-corrected chi connectivity index (χ3v) is 5.85. The summed E-state index contributed by atoms with van der Waals surface area (Å²) in [5.41, 5.74) is 1.73. The molecule has 0 bridgehead atoms. The van der Waals surface area contributed by atoms with Crippen molar-refractivity contribution in [1.29, 1.82) is 0 Å². The maximum atomic E-state index is 12.6. The highest BCUT2D eigenvalue weighted by Crippen LogP contribution is 2.28. The van der Waals surface area contributed by atoms with Gasteiger partial charge in [0, 0.05) is 22.1 Å². The molecule has 0 atom stereocenters. The van der Waals surface area contributed by atoms with E-state index in [-0.39, 0.29) is 5.91 Å². The smallest absolute Gasteiger partial charge is 0.252 e. The van der Waals surface area contributed by atoms with Crippen molar-refractivity contribution in [1.82, 2.24) is 5.32 Å². The number of carbonyl (C=O) groups excluding carboxylic acids is 1. The zero-order chi connectivity index (χ0) is 17.5. The highest BCUT2D eigenvalue weighted by Gasteiger charge is 2.11. The first-order valence-electron chi connectivity index (χ1n) is 7.91. The van der Waals surface area contributed by atoms with Gasteiger partial charge in [-0.05, 0) is 41.3 Å². The molecule has 0 unspecified atom stereocenters. The van der Waals surface area contributed by atoms with E-state index in [9.17, 15) is 4.79 Å². The van der Waals surface area contributed by atoms with E-state index < -0.39 is 0 Å². The lowest BCUT2D eigenvalue weighted by Crippen LogP contribution is -2.23. The zero-order valence-electron chi connectivity index (χ0n) is 13.9. The molecule has 128 valence electrons. The highest BCUT2D eigenvalue weighted by molar-refractivity contribution is 7.98. The van der Waals surface area contributed by atoms with Gasteiger partial charge in [-0.3, -0.25) is 4.79 Å². The second-order valence-electron chi connectivity index (χ2n) is 5.40. The van der Waals surface area contributed by atoms with E-state index in [0.717, 1.165) is 22.0 Å². The quantitative estimate of drug-likeness (QED) is 0.597. The molecule has 25 heavy (non-hydrogen) atoms. The average molecular weight is 370 g/mol. The molecule has 0 radical (unpaired) electrons. The summed E-state index contributed by atoms with van der Waals surface area (Å²) in [6.07, 6.45) is 0. The van der Waals surface area contributed by atoms with Crippen LogP contribution in [0.15, 0.2) is 70.9 Å². The van der Waals surface area contributed by atoms with Gasteiger partial charge in [0.25, 0.3) is 5.91 Å². The van der Waals surface area contributed by atoms with Gasteiger partial charge in [0.15, 0.2) is 0 Å². The lowest BCUT2D eigenvalue weighted by atomic mass is 10.2. The van der Waals surface area contributed by atoms with Crippen molar-refractivity contribution in [2.45, 2.75) is 17.2 Å². The molecule has 3 rings (SSSR count). The Balaban J connectivity index is 1.65. The van der Waals surface area contributed by atoms with Crippen LogP contribution in [0.2, 0.25) is 0 Å². The monoisotopic (exact) mass is 369 g/mol. The number of thioether (sulfide) groups is 1. The molecule has 3 aromatic rings. The molecule has 0 aliphatic heterocycles. The van der Waals surface area contributed by atoms with E-state index in [2.05, 4.69) is 16.8 Å². The standard InChI is InChI=1S/C20H19NO2S2/c1-23-16-7-4-6-15(12-16)13-21-20(22)18-9-2-3-10-19(18)25-14-17-8-5-11-24-17/h2-12H,13-14H2,1H3,(H,21,22). The molecule has 0 aliphatic carbocycles. The summed E-state index contributed by atoms with van der Waals surface area (Å²) in [6.45, 7) is 0.472. The predicted octanol–water partition coefficient (Wildman–Crippen LogP) is 4.98. The molecule has 0 fully saturated rings. The van der Waals surface area contributed by atoms with E-state index in [1.165, 1.54) is 4.88 Å². The molecule has 0 aliphatic rings. The molecular formula is C20H19NO2S2. The number of nitrogens with one attached hydrogen (secondary N) is 1. The van der Waals surface area contributed by atoms with E-state index in [4.69, 9.17) is 4.74 Å². The van der Waals surface area contributed by atoms with Crippen molar-refractivity contribution in [3.8, 4) is 5.75 Å². The van der Waals surface area contributed by atoms with Crippen LogP contribution in [0.3, 0.4) is 0 Å². The number of amides is 1. The Hall–Kier alpha value is -2.24. The summed E-state index contributed by atoms with van der Waals surface area (Å²) in [4.78, 5) is 14.9. The van der Waals surface area contributed by atoms with Gasteiger partial charge in [-0.25, -0.2) is 0 Å². The van der Waals surface area contributed by atoms with Crippen molar-refractivity contribution in [2.75, 3.05) is 7.11 Å². The van der Waals surface area contributed by atoms with E-state index in [1.54, 1.807) is 30.2 Å². The molecule has 1 aromatic heterocycles. The van der Waals surface area contributed by atoms with E-state index in [1.807, 2.05) is 54.6 Å². The van der Waals surface area contributed by atoms with Crippen molar-refractivity contribution in [3.05, 3.63) is 82.0 Å². The number of hydrogen-bond acceptors (Lipinski definition) is 4. The average Bonchev–Trinajstić information content (AvgIpc) is 3.18. The number of rotatable bonds is 7. The zero-order valence-corrected chi connectivity index (χ0v) is 15.5. The second-order valence-corrected chi connectivity index (χ2v) is 7.45. The number of benzene rings is 2. The van der Waals surface area contributed by atoms with Gasteiger partial charge in [0.1, 0.15) is 5.75 Å². The van der Waals surface area contributed by atoms with Gasteiger partial charge < -0.3 is 10.1 Å². The maximum absolute atomic E-state index is 12.6. The Kier molecular flexibility index (Phi) is 6.14. The molecular weight excluding hydrogens is 350 g/mol. The molecule has 2 aromatic carbocycles. The Labute approximate surface area is 156 Å². The number of thiophene rings is 1. The highest BCUT2D eigenvalue weighted by atomic mass is 32.2. The number of ether oxygens (including phenoxy) is 1. The fourth-order valence-corrected chi connectivity index (χ4v) is 4.21. The first-order chi connectivity index (χ1) is 12.3. The Morgan fingerprint density at radius 1 is 1.12 bits per heavy atom. The van der Waals surface area contributed by atoms with Gasteiger partial charge in [0.2, 0.25) is 0 Å². The fourth-order valence-electron chi connectivity index (χ4n) is 2.38. The molecule has 5 heteroatoms. The second kappa shape index (κ2) is 8.74. The van der Waals surface area contributed by atoms with E-state index in [0.29, 0.717) is 12.1 Å². The van der Waals surface area contributed by atoms with Crippen LogP contribution in [-0.4, -0.2) is 13.0 Å². The van der Waals surface area contributed by atoms with Crippen molar-refractivity contribution < 1.29 is 9.53 Å². The minimum atomic E-state index is -0.0582. The van der Waals surface area contributed by atoms with Crippen LogP contribution in [0.1, 0.15) is 20.8 Å². The topological polar surface area (TPSA) is 38.3 Å². The molecule has 3 nitrogen and oxygen atoms in total. The minimum Gasteiger partial charge on any atom is -0.497 e. The number of methoxy groups -OCH3 is 1. The summed E-state index contributed by atoms with van der Waals surface area (Å²) in [6, 6.07) is 19.6. The fraction of sp³-hybridized carbons (Fsp3) is 0.150. The number of hydrogen-bond donors (Lipinski definition) is 1. The van der Waals surface area contributed by atoms with Crippen molar-refractivity contribution in [2.24, 2.45) is 0 Å². The van der Waals surface area contributed by atoms with Crippen LogP contribution >= 0.6 is 23.1 Å². The van der Waals surface area contributed by atoms with Crippen molar-refractivity contribution >= 4 is 29.0 Å². The SMILES string of the molecule is COc1cccc(CNC(=O)c2ccccc2SCc2cccs2)c1. The first-order valence-corrected chi connectivity index (χ1v) is 9.78. The van der Waals surface area contributed by atoms with Gasteiger partial charge in [-0.15, -0.1) is 23.1 Å². The van der Waals surface area contributed by atoms with Crippen LogP contribution in [-0.2, 0) is 12.3 Å². The summed E-state index contributed by atoms with van der Waals surface area (Å²) in [5, 5.41) is 5.07. The summed E-state index contributed by atoms with van der Waals surface area (Å²) >= 11 is 3.42. The lowest BCUT2D eigenvalue weighted by molar-refractivity contribution is 0.0948.